The first-order valence-corrected chi connectivity index (χ1v) is 13.3. The third kappa shape index (κ3) is 5.85. The van der Waals surface area contributed by atoms with Gasteiger partial charge < -0.3 is 10.6 Å². The Labute approximate surface area is 230 Å². The minimum atomic E-state index is -1.02. The largest absolute Gasteiger partial charge is 0.351 e. The molecule has 4 nitrogen and oxygen atoms in total. The summed E-state index contributed by atoms with van der Waals surface area (Å²) in [7, 11) is 0. The number of hydrogen-bond acceptors (Lipinski definition) is 3. The fraction of sp³-hybridized carbons (Fsp3) is 0.355. The van der Waals surface area contributed by atoms with Gasteiger partial charge in [0, 0.05) is 28.5 Å². The molecule has 0 bridgehead atoms. The molecule has 1 amide bonds. The summed E-state index contributed by atoms with van der Waals surface area (Å²) in [4.78, 5) is 13.8. The molecular formula is C31H33Cl2N3O. The number of aryl methyl sites for hydroxylation is 1. The number of nitrogens with one attached hydrogen (secondary N) is 2. The van der Waals surface area contributed by atoms with Gasteiger partial charge in [-0.15, -0.1) is 0 Å². The molecule has 2 N–H and O–H groups in total. The van der Waals surface area contributed by atoms with Crippen LogP contribution in [0.1, 0.15) is 55.4 Å². The number of halogens is 2. The molecule has 0 radical (unpaired) electrons. The minimum absolute atomic E-state index is 0.0853. The SMILES string of the molecule is Cc1cccc(CNC(=O)C2NC(CC(C)(C)C)C(C#N)(c3ccc(Cl)cc3)C2c2cccc(Cl)c2)c1. The predicted octanol–water partition coefficient (Wildman–Crippen LogP) is 6.94. The normalized spacial score (nSPS) is 23.4. The van der Waals surface area contributed by atoms with E-state index >= 15 is 0 Å². The molecule has 192 valence electrons. The molecule has 3 aromatic carbocycles. The van der Waals surface area contributed by atoms with Crippen LogP contribution in [0.5, 0.6) is 0 Å². The van der Waals surface area contributed by atoms with Crippen molar-refractivity contribution in [1.82, 2.24) is 10.6 Å². The lowest BCUT2D eigenvalue weighted by molar-refractivity contribution is -0.123. The van der Waals surface area contributed by atoms with E-state index in [1.165, 1.54) is 0 Å². The highest BCUT2D eigenvalue weighted by atomic mass is 35.5. The van der Waals surface area contributed by atoms with Gasteiger partial charge in [-0.3, -0.25) is 4.79 Å². The smallest absolute Gasteiger partial charge is 0.238 e. The second-order valence-corrected chi connectivity index (χ2v) is 12.1. The Kier molecular flexibility index (Phi) is 7.99. The summed E-state index contributed by atoms with van der Waals surface area (Å²) in [5, 5.41) is 18.9. The van der Waals surface area contributed by atoms with E-state index in [0.717, 1.165) is 22.3 Å². The van der Waals surface area contributed by atoms with Crippen LogP contribution in [-0.2, 0) is 16.8 Å². The first-order chi connectivity index (χ1) is 17.5. The summed E-state index contributed by atoms with van der Waals surface area (Å²) < 4.78 is 0. The molecule has 37 heavy (non-hydrogen) atoms. The van der Waals surface area contributed by atoms with Crippen LogP contribution in [0.4, 0.5) is 0 Å². The summed E-state index contributed by atoms with van der Waals surface area (Å²) in [6, 6.07) is 24.8. The molecular weight excluding hydrogens is 501 g/mol. The molecule has 1 aliphatic rings. The second-order valence-electron chi connectivity index (χ2n) is 11.2. The van der Waals surface area contributed by atoms with E-state index in [-0.39, 0.29) is 17.4 Å². The van der Waals surface area contributed by atoms with Crippen molar-refractivity contribution in [3.05, 3.63) is 105 Å². The number of nitrogens with zero attached hydrogens (tertiary/aromatic N) is 1. The van der Waals surface area contributed by atoms with Gasteiger partial charge in [-0.25, -0.2) is 0 Å². The first-order valence-electron chi connectivity index (χ1n) is 12.6. The number of nitriles is 1. The van der Waals surface area contributed by atoms with Crippen molar-refractivity contribution in [2.75, 3.05) is 0 Å². The van der Waals surface area contributed by atoms with Gasteiger partial charge in [0.25, 0.3) is 0 Å². The highest BCUT2D eigenvalue weighted by Gasteiger charge is 2.59. The monoisotopic (exact) mass is 533 g/mol. The van der Waals surface area contributed by atoms with Gasteiger partial charge in [-0.1, -0.05) is 98.1 Å². The molecule has 6 heteroatoms. The molecule has 4 rings (SSSR count). The Hall–Kier alpha value is -2.84. The molecule has 0 aromatic heterocycles. The molecule has 3 aromatic rings. The van der Waals surface area contributed by atoms with Crippen molar-refractivity contribution in [3.8, 4) is 6.07 Å². The van der Waals surface area contributed by atoms with Crippen molar-refractivity contribution in [3.63, 3.8) is 0 Å². The zero-order chi connectivity index (χ0) is 26.8. The average Bonchev–Trinajstić information content (AvgIpc) is 3.16. The summed E-state index contributed by atoms with van der Waals surface area (Å²) in [6.45, 7) is 8.89. The lowest BCUT2D eigenvalue weighted by Crippen LogP contribution is -2.45. The fourth-order valence-electron chi connectivity index (χ4n) is 5.58. The topological polar surface area (TPSA) is 64.9 Å². The van der Waals surface area contributed by atoms with Crippen LogP contribution in [0.2, 0.25) is 10.0 Å². The molecule has 4 unspecified atom stereocenters. The van der Waals surface area contributed by atoms with Crippen LogP contribution in [0.3, 0.4) is 0 Å². The van der Waals surface area contributed by atoms with E-state index in [9.17, 15) is 10.1 Å². The molecule has 1 saturated heterocycles. The third-order valence-corrected chi connectivity index (χ3v) is 7.60. The van der Waals surface area contributed by atoms with E-state index in [4.69, 9.17) is 23.2 Å². The van der Waals surface area contributed by atoms with Gasteiger partial charge in [0.1, 0.15) is 5.41 Å². The van der Waals surface area contributed by atoms with Gasteiger partial charge in [0.15, 0.2) is 0 Å². The molecule has 1 heterocycles. The van der Waals surface area contributed by atoms with Crippen LogP contribution >= 0.6 is 23.2 Å². The molecule has 0 saturated carbocycles. The molecule has 1 fully saturated rings. The number of benzene rings is 3. The number of carbonyl (C=O) groups is 1. The zero-order valence-electron chi connectivity index (χ0n) is 21.7. The highest BCUT2D eigenvalue weighted by Crippen LogP contribution is 2.51. The van der Waals surface area contributed by atoms with Crippen LogP contribution in [0, 0.1) is 23.7 Å². The van der Waals surface area contributed by atoms with Crippen LogP contribution < -0.4 is 10.6 Å². The lowest BCUT2D eigenvalue weighted by Gasteiger charge is -2.37. The third-order valence-electron chi connectivity index (χ3n) is 7.12. The predicted molar refractivity (Wildman–Crippen MR) is 151 cm³/mol. The number of amides is 1. The Bertz CT molecular complexity index is 1310. The van der Waals surface area contributed by atoms with Crippen LogP contribution in [0.15, 0.2) is 72.8 Å². The maximum absolute atomic E-state index is 13.8. The van der Waals surface area contributed by atoms with E-state index in [0.29, 0.717) is 23.0 Å². The molecule has 0 spiro atoms. The Morgan fingerprint density at radius 1 is 1.03 bits per heavy atom. The Morgan fingerprint density at radius 2 is 1.73 bits per heavy atom. The maximum Gasteiger partial charge on any atom is 0.238 e. The van der Waals surface area contributed by atoms with Crippen molar-refractivity contribution in [2.24, 2.45) is 5.41 Å². The maximum atomic E-state index is 13.8. The van der Waals surface area contributed by atoms with Gasteiger partial charge in [-0.2, -0.15) is 5.26 Å². The molecule has 4 atom stereocenters. The number of hydrogen-bond donors (Lipinski definition) is 2. The van der Waals surface area contributed by atoms with Crippen molar-refractivity contribution >= 4 is 29.1 Å². The van der Waals surface area contributed by atoms with Crippen molar-refractivity contribution in [2.45, 2.75) is 64.1 Å². The first kappa shape index (κ1) is 27.2. The quantitative estimate of drug-likeness (QED) is 0.360. The van der Waals surface area contributed by atoms with Crippen molar-refractivity contribution in [1.29, 1.82) is 5.26 Å². The standard InChI is InChI=1S/C31H33Cl2N3O/c1-20-7-5-8-21(15-20)18-35-29(37)28-27(22-9-6-10-25(33)16-22)31(19-34,23-11-13-24(32)14-12-23)26(36-28)17-30(2,3)4/h5-16,26-28,36H,17-18H2,1-4H3,(H,35,37). The highest BCUT2D eigenvalue weighted by molar-refractivity contribution is 6.30. The van der Waals surface area contributed by atoms with Gasteiger partial charge in [-0.05, 0) is 59.7 Å². The molecule has 1 aliphatic heterocycles. The number of carbonyl (C=O) groups excluding carboxylic acids is 1. The average molecular weight is 535 g/mol. The van der Waals surface area contributed by atoms with E-state index < -0.39 is 17.4 Å². The van der Waals surface area contributed by atoms with Crippen LogP contribution in [-0.4, -0.2) is 18.0 Å². The summed E-state index contributed by atoms with van der Waals surface area (Å²) in [6.07, 6.45) is 0.696. The van der Waals surface area contributed by atoms with E-state index in [2.05, 4.69) is 43.5 Å². The fourth-order valence-corrected chi connectivity index (χ4v) is 5.90. The Balaban J connectivity index is 1.82. The zero-order valence-corrected chi connectivity index (χ0v) is 23.2. The molecule has 0 aliphatic carbocycles. The lowest BCUT2D eigenvalue weighted by atomic mass is 9.63. The van der Waals surface area contributed by atoms with Gasteiger partial charge in [0.2, 0.25) is 5.91 Å². The van der Waals surface area contributed by atoms with Gasteiger partial charge >= 0.3 is 0 Å². The van der Waals surface area contributed by atoms with Crippen molar-refractivity contribution < 1.29 is 4.79 Å². The van der Waals surface area contributed by atoms with Gasteiger partial charge in [0.05, 0.1) is 12.1 Å². The number of rotatable bonds is 6. The second kappa shape index (κ2) is 10.9. The summed E-state index contributed by atoms with van der Waals surface area (Å²) in [5.74, 6) is -0.612. The summed E-state index contributed by atoms with van der Waals surface area (Å²) in [5.41, 5.74) is 2.75. The summed E-state index contributed by atoms with van der Waals surface area (Å²) >= 11 is 12.7. The minimum Gasteiger partial charge on any atom is -0.351 e. The Morgan fingerprint density at radius 3 is 2.35 bits per heavy atom. The van der Waals surface area contributed by atoms with E-state index in [1.807, 2.05) is 73.7 Å². The van der Waals surface area contributed by atoms with Crippen LogP contribution in [0.25, 0.3) is 0 Å². The van der Waals surface area contributed by atoms with E-state index in [1.54, 1.807) is 0 Å².